The van der Waals surface area contributed by atoms with Gasteiger partial charge >= 0.3 is 18.0 Å². The zero-order valence-corrected chi connectivity index (χ0v) is 17.7. The van der Waals surface area contributed by atoms with Gasteiger partial charge in [-0.3, -0.25) is 4.68 Å². The van der Waals surface area contributed by atoms with Crippen LogP contribution in [0.3, 0.4) is 0 Å². The standard InChI is InChI=1S/C21H24N4O6/c1-5-30-20(27)17-16(11-31-19(26)15-10-22-25(3)12(15)2)23-21(28)24-18(17)13-6-8-14(29-4)9-7-13/h6-10,18H,5,11H2,1-4H3,(H2,23,24,28). The smallest absolute Gasteiger partial charge is 0.342 e. The number of urea groups is 1. The molecule has 1 aliphatic heterocycles. The number of rotatable bonds is 7. The molecule has 0 fully saturated rings. The number of nitrogens with one attached hydrogen (secondary N) is 2. The van der Waals surface area contributed by atoms with Gasteiger partial charge in [0.25, 0.3) is 0 Å². The summed E-state index contributed by atoms with van der Waals surface area (Å²) < 4.78 is 17.3. The van der Waals surface area contributed by atoms with Crippen LogP contribution in [0.1, 0.15) is 34.6 Å². The van der Waals surface area contributed by atoms with E-state index in [0.717, 1.165) is 0 Å². The number of carbonyl (C=O) groups is 3. The Balaban J connectivity index is 1.93. The first kappa shape index (κ1) is 21.9. The molecule has 1 atom stereocenters. The summed E-state index contributed by atoms with van der Waals surface area (Å²) in [5.74, 6) is -0.610. The third-order valence-corrected chi connectivity index (χ3v) is 4.90. The topological polar surface area (TPSA) is 121 Å². The fourth-order valence-corrected chi connectivity index (χ4v) is 3.14. The van der Waals surface area contributed by atoms with Gasteiger partial charge in [-0.15, -0.1) is 0 Å². The summed E-state index contributed by atoms with van der Waals surface area (Å²) in [6.07, 6.45) is 1.40. The fourth-order valence-electron chi connectivity index (χ4n) is 3.14. The van der Waals surface area contributed by atoms with Crippen molar-refractivity contribution < 1.29 is 28.6 Å². The Kier molecular flexibility index (Phi) is 6.58. The molecule has 10 nitrogen and oxygen atoms in total. The monoisotopic (exact) mass is 428 g/mol. The number of hydrogen-bond acceptors (Lipinski definition) is 7. The van der Waals surface area contributed by atoms with Crippen LogP contribution in [0.2, 0.25) is 0 Å². The predicted octanol–water partition coefficient (Wildman–Crippen LogP) is 1.77. The maximum absolute atomic E-state index is 12.7. The molecule has 10 heteroatoms. The highest BCUT2D eigenvalue weighted by Gasteiger charge is 2.34. The van der Waals surface area contributed by atoms with Crippen LogP contribution in [0, 0.1) is 6.92 Å². The average molecular weight is 428 g/mol. The number of hydrogen-bond donors (Lipinski definition) is 2. The molecule has 0 radical (unpaired) electrons. The largest absolute Gasteiger partial charge is 0.497 e. The van der Waals surface area contributed by atoms with E-state index in [1.165, 1.54) is 6.20 Å². The number of amides is 2. The molecular formula is C21H24N4O6. The zero-order chi connectivity index (χ0) is 22.5. The van der Waals surface area contributed by atoms with E-state index in [1.54, 1.807) is 57.0 Å². The lowest BCUT2D eigenvalue weighted by Gasteiger charge is -2.29. The van der Waals surface area contributed by atoms with Gasteiger partial charge in [0, 0.05) is 12.7 Å². The van der Waals surface area contributed by atoms with Gasteiger partial charge in [0.15, 0.2) is 0 Å². The van der Waals surface area contributed by atoms with Crippen molar-refractivity contribution in [3.63, 3.8) is 0 Å². The van der Waals surface area contributed by atoms with Crippen molar-refractivity contribution in [2.45, 2.75) is 19.9 Å². The normalized spacial score (nSPS) is 15.7. The molecular weight excluding hydrogens is 404 g/mol. The van der Waals surface area contributed by atoms with Crippen LogP contribution in [-0.4, -0.2) is 48.1 Å². The van der Waals surface area contributed by atoms with Crippen LogP contribution >= 0.6 is 0 Å². The van der Waals surface area contributed by atoms with Crippen molar-refractivity contribution in [2.75, 3.05) is 20.3 Å². The Morgan fingerprint density at radius 1 is 1.16 bits per heavy atom. The van der Waals surface area contributed by atoms with Gasteiger partial charge in [0.2, 0.25) is 0 Å². The Labute approximate surface area is 179 Å². The summed E-state index contributed by atoms with van der Waals surface area (Å²) in [6.45, 7) is 3.24. The second-order valence-electron chi connectivity index (χ2n) is 6.76. The summed E-state index contributed by atoms with van der Waals surface area (Å²) in [7, 11) is 3.25. The molecule has 1 unspecified atom stereocenters. The zero-order valence-electron chi connectivity index (χ0n) is 17.7. The highest BCUT2D eigenvalue weighted by Crippen LogP contribution is 2.29. The van der Waals surface area contributed by atoms with Gasteiger partial charge in [-0.1, -0.05) is 12.1 Å². The lowest BCUT2D eigenvalue weighted by molar-refractivity contribution is -0.139. The van der Waals surface area contributed by atoms with E-state index in [1.807, 2.05) is 0 Å². The van der Waals surface area contributed by atoms with E-state index in [0.29, 0.717) is 22.6 Å². The van der Waals surface area contributed by atoms with Crippen LogP contribution in [0.4, 0.5) is 4.79 Å². The van der Waals surface area contributed by atoms with E-state index < -0.39 is 24.0 Å². The maximum Gasteiger partial charge on any atom is 0.342 e. The molecule has 3 rings (SSSR count). The molecule has 1 aromatic carbocycles. The first-order chi connectivity index (χ1) is 14.8. The van der Waals surface area contributed by atoms with Gasteiger partial charge in [-0.25, -0.2) is 14.4 Å². The van der Waals surface area contributed by atoms with Crippen molar-refractivity contribution in [3.05, 3.63) is 58.6 Å². The van der Waals surface area contributed by atoms with Crippen molar-refractivity contribution in [1.29, 1.82) is 0 Å². The van der Waals surface area contributed by atoms with Crippen LogP contribution in [0.5, 0.6) is 5.75 Å². The Bertz CT molecular complexity index is 1020. The lowest BCUT2D eigenvalue weighted by atomic mass is 9.95. The molecule has 2 amide bonds. The number of carbonyl (C=O) groups excluding carboxylic acids is 3. The van der Waals surface area contributed by atoms with Crippen molar-refractivity contribution in [2.24, 2.45) is 7.05 Å². The number of esters is 2. The molecule has 2 N–H and O–H groups in total. The molecule has 0 saturated heterocycles. The quantitative estimate of drug-likeness (QED) is 0.645. The van der Waals surface area contributed by atoms with Crippen LogP contribution < -0.4 is 15.4 Å². The van der Waals surface area contributed by atoms with Crippen LogP contribution in [0.15, 0.2) is 41.7 Å². The van der Waals surface area contributed by atoms with E-state index in [9.17, 15) is 14.4 Å². The highest BCUT2D eigenvalue weighted by atomic mass is 16.5. The number of methoxy groups -OCH3 is 1. The number of benzene rings is 1. The van der Waals surface area contributed by atoms with E-state index >= 15 is 0 Å². The van der Waals surface area contributed by atoms with E-state index in [-0.39, 0.29) is 24.5 Å². The third-order valence-electron chi connectivity index (χ3n) is 4.90. The maximum atomic E-state index is 12.7. The average Bonchev–Trinajstić information content (AvgIpc) is 3.10. The molecule has 1 aliphatic rings. The lowest BCUT2D eigenvalue weighted by Crippen LogP contribution is -2.47. The predicted molar refractivity (Wildman–Crippen MR) is 109 cm³/mol. The van der Waals surface area contributed by atoms with Gasteiger partial charge < -0.3 is 24.8 Å². The molecule has 2 aromatic rings. The molecule has 31 heavy (non-hydrogen) atoms. The summed E-state index contributed by atoms with van der Waals surface area (Å²) in [5, 5.41) is 9.30. The van der Waals surface area contributed by atoms with Crippen molar-refractivity contribution in [1.82, 2.24) is 20.4 Å². The Morgan fingerprint density at radius 3 is 2.45 bits per heavy atom. The molecule has 0 saturated carbocycles. The van der Waals surface area contributed by atoms with E-state index in [4.69, 9.17) is 14.2 Å². The van der Waals surface area contributed by atoms with Gasteiger partial charge in [0.1, 0.15) is 17.9 Å². The number of aromatic nitrogens is 2. The summed E-state index contributed by atoms with van der Waals surface area (Å²) in [6, 6.07) is 5.59. The van der Waals surface area contributed by atoms with Gasteiger partial charge in [0.05, 0.1) is 37.2 Å². The molecule has 0 bridgehead atoms. The number of nitrogens with zero attached hydrogens (tertiary/aromatic N) is 2. The molecule has 0 spiro atoms. The fraction of sp³-hybridized carbons (Fsp3) is 0.333. The third kappa shape index (κ3) is 4.68. The Morgan fingerprint density at radius 2 is 1.87 bits per heavy atom. The van der Waals surface area contributed by atoms with E-state index in [2.05, 4.69) is 15.7 Å². The van der Waals surface area contributed by atoms with Crippen LogP contribution in [-0.2, 0) is 21.3 Å². The highest BCUT2D eigenvalue weighted by molar-refractivity contribution is 5.95. The number of aryl methyl sites for hydroxylation is 1. The number of ether oxygens (including phenoxy) is 3. The minimum absolute atomic E-state index is 0.146. The summed E-state index contributed by atoms with van der Waals surface area (Å²) in [4.78, 5) is 37.5. The minimum atomic E-state index is -0.785. The second-order valence-corrected chi connectivity index (χ2v) is 6.76. The molecule has 164 valence electrons. The summed E-state index contributed by atoms with van der Waals surface area (Å²) in [5.41, 5.74) is 1.88. The van der Waals surface area contributed by atoms with Gasteiger partial charge in [-0.05, 0) is 31.5 Å². The van der Waals surface area contributed by atoms with Crippen molar-refractivity contribution in [3.8, 4) is 5.75 Å². The Hall–Kier alpha value is -3.82. The van der Waals surface area contributed by atoms with Crippen LogP contribution in [0.25, 0.3) is 0 Å². The first-order valence-corrected chi connectivity index (χ1v) is 9.63. The SMILES string of the molecule is CCOC(=O)C1=C(COC(=O)c2cnn(C)c2C)NC(=O)NC1c1ccc(OC)cc1. The molecule has 1 aromatic heterocycles. The van der Waals surface area contributed by atoms with Crippen molar-refractivity contribution >= 4 is 18.0 Å². The first-order valence-electron chi connectivity index (χ1n) is 9.63. The summed E-state index contributed by atoms with van der Waals surface area (Å²) >= 11 is 0. The van der Waals surface area contributed by atoms with Gasteiger partial charge in [-0.2, -0.15) is 5.10 Å². The minimum Gasteiger partial charge on any atom is -0.497 e. The molecule has 0 aliphatic carbocycles. The molecule has 2 heterocycles. The second kappa shape index (κ2) is 9.33.